The van der Waals surface area contributed by atoms with Gasteiger partial charge in [0.15, 0.2) is 11.5 Å². The number of halogens is 3. The molecule has 0 aliphatic carbocycles. The van der Waals surface area contributed by atoms with Gasteiger partial charge < -0.3 is 14.6 Å². The van der Waals surface area contributed by atoms with E-state index in [0.717, 1.165) is 17.4 Å². The van der Waals surface area contributed by atoms with Gasteiger partial charge in [-0.2, -0.15) is 0 Å². The molecule has 2 aromatic carbocycles. The van der Waals surface area contributed by atoms with Crippen LogP contribution in [0.2, 0.25) is 10.0 Å². The van der Waals surface area contributed by atoms with Gasteiger partial charge in [0.05, 0.1) is 28.7 Å². The summed E-state index contributed by atoms with van der Waals surface area (Å²) in [5.74, 6) is 0.325. The van der Waals surface area contributed by atoms with Gasteiger partial charge in [-0.15, -0.1) is 11.6 Å². The summed E-state index contributed by atoms with van der Waals surface area (Å²) in [6.07, 6.45) is 0.139. The van der Waals surface area contributed by atoms with E-state index in [1.807, 2.05) is 0 Å². The van der Waals surface area contributed by atoms with Crippen molar-refractivity contribution < 1.29 is 27.8 Å². The molecular weight excluding hydrogens is 477 g/mol. The maximum atomic E-state index is 11.7. The van der Waals surface area contributed by atoms with Crippen LogP contribution < -0.4 is 14.2 Å². The van der Waals surface area contributed by atoms with Crippen LogP contribution >= 0.6 is 34.8 Å². The summed E-state index contributed by atoms with van der Waals surface area (Å²) >= 11 is 18.0. The molecule has 164 valence electrons. The lowest BCUT2D eigenvalue weighted by Gasteiger charge is -2.14. The number of carbonyl (C=O) groups excluding carboxylic acids is 1. The average molecular weight is 497 g/mol. The lowest BCUT2D eigenvalue weighted by atomic mass is 10.1. The Hall–Kier alpha value is -1.55. The van der Waals surface area contributed by atoms with Crippen molar-refractivity contribution >= 4 is 50.6 Å². The second-order valence-electron chi connectivity index (χ2n) is 6.33. The van der Waals surface area contributed by atoms with E-state index < -0.39 is 21.9 Å². The second-order valence-corrected chi connectivity index (χ2v) is 9.29. The number of aliphatic hydroxyl groups is 1. The van der Waals surface area contributed by atoms with Gasteiger partial charge in [0, 0.05) is 0 Å². The van der Waals surface area contributed by atoms with E-state index in [1.165, 1.54) is 0 Å². The molecule has 0 aromatic heterocycles. The number of sulfonamides is 1. The van der Waals surface area contributed by atoms with E-state index in [9.17, 15) is 18.3 Å². The zero-order valence-corrected chi connectivity index (χ0v) is 19.0. The summed E-state index contributed by atoms with van der Waals surface area (Å²) in [4.78, 5) is 11.7. The van der Waals surface area contributed by atoms with E-state index in [4.69, 9.17) is 44.3 Å². The summed E-state index contributed by atoms with van der Waals surface area (Å²) in [6.45, 7) is -0.628. The van der Waals surface area contributed by atoms with Gasteiger partial charge >= 0.3 is 0 Å². The van der Waals surface area contributed by atoms with Crippen LogP contribution in [0.5, 0.6) is 11.5 Å². The van der Waals surface area contributed by atoms with Crippen molar-refractivity contribution in [3.05, 3.63) is 46.4 Å². The lowest BCUT2D eigenvalue weighted by molar-refractivity contribution is -0.119. The van der Waals surface area contributed by atoms with Crippen molar-refractivity contribution in [1.29, 1.82) is 0 Å². The Morgan fingerprint density at radius 1 is 1.10 bits per heavy atom. The summed E-state index contributed by atoms with van der Waals surface area (Å²) in [7, 11) is -3.43. The number of benzene rings is 2. The predicted molar refractivity (Wildman–Crippen MR) is 117 cm³/mol. The number of rotatable bonds is 11. The Balaban J connectivity index is 2.01. The first-order valence-corrected chi connectivity index (χ1v) is 11.8. The maximum absolute atomic E-state index is 11.7. The smallest absolute Gasteiger partial charge is 0.209 e. The Morgan fingerprint density at radius 3 is 2.23 bits per heavy atom. The largest absolute Gasteiger partial charge is 0.488 e. The molecule has 2 aromatic rings. The van der Waals surface area contributed by atoms with Gasteiger partial charge in [-0.05, 0) is 35.4 Å². The van der Waals surface area contributed by atoms with Crippen LogP contribution in [-0.2, 0) is 14.8 Å². The van der Waals surface area contributed by atoms with Crippen molar-refractivity contribution in [2.45, 2.75) is 6.10 Å². The normalized spacial score (nSPS) is 12.4. The molecule has 30 heavy (non-hydrogen) atoms. The minimum absolute atomic E-state index is 0.0293. The number of ether oxygens (including phenoxy) is 2. The molecule has 0 spiro atoms. The Morgan fingerprint density at radius 2 is 1.70 bits per heavy atom. The highest BCUT2D eigenvalue weighted by molar-refractivity contribution is 7.88. The number of hydrogen-bond acceptors (Lipinski definition) is 6. The fourth-order valence-electron chi connectivity index (χ4n) is 2.26. The summed E-state index contributed by atoms with van der Waals surface area (Å²) < 4.78 is 34.9. The maximum Gasteiger partial charge on any atom is 0.209 e. The van der Waals surface area contributed by atoms with E-state index in [1.54, 1.807) is 36.4 Å². The average Bonchev–Trinajstić information content (AvgIpc) is 2.69. The van der Waals surface area contributed by atoms with Crippen LogP contribution in [0.15, 0.2) is 36.4 Å². The summed E-state index contributed by atoms with van der Waals surface area (Å²) in [5, 5.41) is 10.1. The van der Waals surface area contributed by atoms with Crippen LogP contribution in [0.4, 0.5) is 0 Å². The molecule has 0 aliphatic heterocycles. The number of aliphatic hydroxyl groups excluding tert-OH is 1. The molecule has 11 heteroatoms. The van der Waals surface area contributed by atoms with E-state index in [-0.39, 0.29) is 41.4 Å². The third-order valence-electron chi connectivity index (χ3n) is 3.72. The van der Waals surface area contributed by atoms with Gasteiger partial charge in [0.25, 0.3) is 0 Å². The molecule has 0 aliphatic rings. The van der Waals surface area contributed by atoms with E-state index in [0.29, 0.717) is 5.75 Å². The quantitative estimate of drug-likeness (QED) is 0.464. The molecule has 7 nitrogen and oxygen atoms in total. The molecule has 0 saturated heterocycles. The molecule has 2 rings (SSSR count). The first-order valence-electron chi connectivity index (χ1n) is 8.64. The molecule has 0 fully saturated rings. The van der Waals surface area contributed by atoms with Crippen LogP contribution in [-0.4, -0.2) is 57.3 Å². The molecule has 0 heterocycles. The number of ketones is 1. The molecule has 0 amide bonds. The number of nitrogens with one attached hydrogen (secondary N) is 1. The lowest BCUT2D eigenvalue weighted by Crippen LogP contribution is -2.31. The molecule has 0 bridgehead atoms. The Kier molecular flexibility index (Phi) is 9.21. The standard InChI is InChI=1S/C19H20Cl3NO6S/c1-30(26,27)23-9-15(25)11-28-16-4-2-12(3-5-16)13-6-17(21)19(18(22)7-13)29-10-14(24)8-20/h2-7,14,23-24H,8-11H2,1H3. The van der Waals surface area contributed by atoms with Crippen LogP contribution in [0, 0.1) is 0 Å². The van der Waals surface area contributed by atoms with Crippen molar-refractivity contribution in [2.24, 2.45) is 0 Å². The zero-order chi connectivity index (χ0) is 22.3. The monoisotopic (exact) mass is 495 g/mol. The highest BCUT2D eigenvalue weighted by Gasteiger charge is 2.13. The number of hydrogen-bond donors (Lipinski definition) is 2. The van der Waals surface area contributed by atoms with Crippen LogP contribution in [0.25, 0.3) is 11.1 Å². The molecule has 1 atom stereocenters. The third kappa shape index (κ3) is 7.94. The molecule has 0 radical (unpaired) electrons. The molecule has 0 saturated carbocycles. The molecule has 2 N–H and O–H groups in total. The first-order chi connectivity index (χ1) is 14.1. The van der Waals surface area contributed by atoms with Gasteiger partial charge in [-0.3, -0.25) is 4.79 Å². The van der Waals surface area contributed by atoms with E-state index in [2.05, 4.69) is 4.72 Å². The van der Waals surface area contributed by atoms with Crippen molar-refractivity contribution in [2.75, 3.05) is 31.9 Å². The minimum atomic E-state index is -3.43. The topological polar surface area (TPSA) is 102 Å². The van der Waals surface area contributed by atoms with Crippen LogP contribution in [0.1, 0.15) is 0 Å². The summed E-state index contributed by atoms with van der Waals surface area (Å²) in [6, 6.07) is 10.2. The van der Waals surface area contributed by atoms with Crippen molar-refractivity contribution in [1.82, 2.24) is 4.72 Å². The van der Waals surface area contributed by atoms with E-state index >= 15 is 0 Å². The van der Waals surface area contributed by atoms with Crippen molar-refractivity contribution in [3.63, 3.8) is 0 Å². The van der Waals surface area contributed by atoms with Gasteiger partial charge in [0.1, 0.15) is 25.1 Å². The minimum Gasteiger partial charge on any atom is -0.488 e. The second kappa shape index (κ2) is 11.2. The number of alkyl halides is 1. The fourth-order valence-corrected chi connectivity index (χ4v) is 3.37. The first kappa shape index (κ1) is 24.7. The van der Waals surface area contributed by atoms with Gasteiger partial charge in [0.2, 0.25) is 10.0 Å². The van der Waals surface area contributed by atoms with Crippen LogP contribution in [0.3, 0.4) is 0 Å². The molecule has 1 unspecified atom stereocenters. The SMILES string of the molecule is CS(=O)(=O)NCC(=O)COc1ccc(-c2cc(Cl)c(OCC(O)CCl)c(Cl)c2)cc1. The van der Waals surface area contributed by atoms with Gasteiger partial charge in [-0.25, -0.2) is 13.1 Å². The predicted octanol–water partition coefficient (Wildman–Crippen LogP) is 3.14. The highest BCUT2D eigenvalue weighted by Crippen LogP contribution is 2.38. The summed E-state index contributed by atoms with van der Waals surface area (Å²) in [5.41, 5.74) is 1.53. The fraction of sp³-hybridized carbons (Fsp3) is 0.316. The number of Topliss-reactive ketones (excluding diaryl/α,β-unsaturated/α-hetero) is 1. The Bertz CT molecular complexity index is 959. The third-order valence-corrected chi connectivity index (χ3v) is 5.30. The molecular formula is C19H20Cl3NO6S. The highest BCUT2D eigenvalue weighted by atomic mass is 35.5. The zero-order valence-electron chi connectivity index (χ0n) is 15.9. The number of carbonyl (C=O) groups is 1. The van der Waals surface area contributed by atoms with Gasteiger partial charge in [-0.1, -0.05) is 35.3 Å². The van der Waals surface area contributed by atoms with Crippen molar-refractivity contribution in [3.8, 4) is 22.6 Å². The Labute approximate surface area is 189 Å².